The van der Waals surface area contributed by atoms with Gasteiger partial charge in [0.15, 0.2) is 16.6 Å². The Balaban J connectivity index is 2.04. The molecule has 1 saturated heterocycles. The maximum atomic E-state index is 14.9. The van der Waals surface area contributed by atoms with Crippen LogP contribution in [0.3, 0.4) is 0 Å². The van der Waals surface area contributed by atoms with Gasteiger partial charge in [0.25, 0.3) is 0 Å². The molecule has 1 aromatic rings. The predicted octanol–water partition coefficient (Wildman–Crippen LogP) is 8.89. The Hall–Kier alpha value is -1.83. The van der Waals surface area contributed by atoms with E-state index < -0.39 is 34.4 Å². The number of carbonyl (C=O) groups excluding carboxylic acids is 1. The topological polar surface area (TPSA) is 77.5 Å². The maximum Gasteiger partial charge on any atom is 0.308 e. The summed E-state index contributed by atoms with van der Waals surface area (Å²) in [6.07, 6.45) is 5.03. The number of morpholine rings is 1. The number of cyclic esters (lactones) is 1. The summed E-state index contributed by atoms with van der Waals surface area (Å²) in [4.78, 5) is 15.9. The van der Waals surface area contributed by atoms with Crippen LogP contribution in [0.1, 0.15) is 87.1 Å². The van der Waals surface area contributed by atoms with Crippen LogP contribution in [0, 0.1) is 11.7 Å². The second-order valence-electron chi connectivity index (χ2n) is 15.7. The lowest BCUT2D eigenvalue weighted by Gasteiger charge is -2.44. The third-order valence-electron chi connectivity index (χ3n) is 11.1. The van der Waals surface area contributed by atoms with Gasteiger partial charge in [0.1, 0.15) is 11.9 Å². The van der Waals surface area contributed by atoms with Crippen LogP contribution < -0.4 is 4.90 Å². The lowest BCUT2D eigenvalue weighted by molar-refractivity contribution is -0.151. The van der Waals surface area contributed by atoms with Crippen molar-refractivity contribution >= 4 is 34.4 Å². The van der Waals surface area contributed by atoms with Gasteiger partial charge < -0.3 is 28.3 Å². The SMILES string of the molecule is CC[Si](CC)(CC)O[C@]1(C)CCC(O[Si](C)(C)C(C)(C)C)CC(=O)O[C@H](/C(C)=C/c2cc(F)cc(N3CCOCC3)c2)[C@@H](C)/C=C/[C@@H]1O. The Bertz CT molecular complexity index is 1260. The van der Waals surface area contributed by atoms with Gasteiger partial charge in [0, 0.05) is 24.7 Å². The zero-order valence-corrected chi connectivity index (χ0v) is 33.7. The molecule has 0 aromatic heterocycles. The summed E-state index contributed by atoms with van der Waals surface area (Å²) in [6, 6.07) is 7.94. The summed E-state index contributed by atoms with van der Waals surface area (Å²) in [5.74, 6) is -0.908. The van der Waals surface area contributed by atoms with Gasteiger partial charge in [0.05, 0.1) is 37.4 Å². The predicted molar refractivity (Wildman–Crippen MR) is 200 cm³/mol. The molecular weight excluding hydrogens is 642 g/mol. The molecule has 1 fully saturated rings. The Morgan fingerprint density at radius 2 is 1.73 bits per heavy atom. The van der Waals surface area contributed by atoms with Gasteiger partial charge in [-0.15, -0.1) is 0 Å². The summed E-state index contributed by atoms with van der Waals surface area (Å²) in [5.41, 5.74) is 1.47. The van der Waals surface area contributed by atoms with E-state index in [1.807, 2.05) is 45.1 Å². The van der Waals surface area contributed by atoms with E-state index in [1.54, 1.807) is 6.07 Å². The van der Waals surface area contributed by atoms with Gasteiger partial charge in [-0.3, -0.25) is 4.79 Å². The Kier molecular flexibility index (Phi) is 14.3. The Morgan fingerprint density at radius 3 is 2.31 bits per heavy atom. The normalized spacial score (nSPS) is 28.0. The van der Waals surface area contributed by atoms with Gasteiger partial charge >= 0.3 is 5.97 Å². The second-order valence-corrected chi connectivity index (χ2v) is 25.2. The fraction of sp³-hybridized carbons (Fsp3) is 0.711. The molecule has 2 aliphatic heterocycles. The van der Waals surface area contributed by atoms with Gasteiger partial charge in [-0.1, -0.05) is 66.7 Å². The molecule has 7 nitrogen and oxygen atoms in total. The van der Waals surface area contributed by atoms with E-state index in [9.17, 15) is 14.3 Å². The van der Waals surface area contributed by atoms with E-state index in [0.717, 1.165) is 29.4 Å². The minimum atomic E-state index is -2.25. The number of aliphatic hydroxyl groups excluding tert-OH is 1. The summed E-state index contributed by atoms with van der Waals surface area (Å²) in [5, 5.41) is 11.8. The zero-order valence-electron chi connectivity index (χ0n) is 31.7. The third kappa shape index (κ3) is 10.6. The monoisotopic (exact) mass is 705 g/mol. The number of rotatable bonds is 10. The quantitative estimate of drug-likeness (QED) is 0.148. The molecule has 0 radical (unpaired) electrons. The molecule has 3 rings (SSSR count). The van der Waals surface area contributed by atoms with Crippen molar-refractivity contribution in [2.24, 2.45) is 5.92 Å². The Morgan fingerprint density at radius 1 is 1.10 bits per heavy atom. The van der Waals surface area contributed by atoms with Crippen LogP contribution in [-0.4, -0.2) is 77.9 Å². The van der Waals surface area contributed by atoms with E-state index in [4.69, 9.17) is 18.3 Å². The summed E-state index contributed by atoms with van der Waals surface area (Å²) >= 11 is 0. The van der Waals surface area contributed by atoms with Gasteiger partial charge in [-0.25, -0.2) is 4.39 Å². The Labute approximate surface area is 292 Å². The molecule has 0 saturated carbocycles. The van der Waals surface area contributed by atoms with E-state index in [0.29, 0.717) is 44.7 Å². The maximum absolute atomic E-state index is 14.9. The highest BCUT2D eigenvalue weighted by atomic mass is 28.4. The van der Waals surface area contributed by atoms with Crippen LogP contribution in [0.5, 0.6) is 0 Å². The zero-order chi connectivity index (χ0) is 35.9. The molecular formula is C38H64FNO6Si2. The number of carbonyl (C=O) groups is 1. The number of benzene rings is 1. The van der Waals surface area contributed by atoms with Crippen molar-refractivity contribution < 1.29 is 32.6 Å². The van der Waals surface area contributed by atoms with Crippen molar-refractivity contribution in [1.29, 1.82) is 0 Å². The number of halogens is 1. The fourth-order valence-electron chi connectivity index (χ4n) is 6.57. The van der Waals surface area contributed by atoms with Crippen molar-refractivity contribution in [2.45, 2.75) is 142 Å². The molecule has 0 amide bonds. The number of nitrogens with zero attached hydrogens (tertiary/aromatic N) is 1. The number of hydrogen-bond acceptors (Lipinski definition) is 7. The number of ether oxygens (including phenoxy) is 2. The smallest absolute Gasteiger partial charge is 0.308 e. The highest BCUT2D eigenvalue weighted by Crippen LogP contribution is 2.40. The molecule has 48 heavy (non-hydrogen) atoms. The highest BCUT2D eigenvalue weighted by molar-refractivity contribution is 6.74. The first-order valence-corrected chi connectivity index (χ1v) is 23.6. The fourth-order valence-corrected chi connectivity index (χ4v) is 11.1. The first-order chi connectivity index (χ1) is 22.4. The summed E-state index contributed by atoms with van der Waals surface area (Å²) < 4.78 is 40.6. The van der Waals surface area contributed by atoms with Gasteiger partial charge in [-0.2, -0.15) is 0 Å². The summed E-state index contributed by atoms with van der Waals surface area (Å²) in [7, 11) is -4.35. The average molecular weight is 706 g/mol. The lowest BCUT2D eigenvalue weighted by atomic mass is 9.89. The van der Waals surface area contributed by atoms with Crippen molar-refractivity contribution in [3.05, 3.63) is 47.3 Å². The van der Waals surface area contributed by atoms with Crippen LogP contribution in [0.4, 0.5) is 10.1 Å². The minimum Gasteiger partial charge on any atom is -0.457 e. The number of esters is 1. The largest absolute Gasteiger partial charge is 0.457 e. The van der Waals surface area contributed by atoms with E-state index >= 15 is 0 Å². The number of anilines is 1. The van der Waals surface area contributed by atoms with Crippen molar-refractivity contribution in [1.82, 2.24) is 0 Å². The first kappa shape index (κ1) is 40.6. The number of aliphatic hydroxyl groups is 1. The molecule has 1 aromatic carbocycles. The van der Waals surface area contributed by atoms with Crippen LogP contribution in [0.25, 0.3) is 6.08 Å². The molecule has 0 spiro atoms. The van der Waals surface area contributed by atoms with Crippen LogP contribution >= 0.6 is 0 Å². The van der Waals surface area contributed by atoms with Gasteiger partial charge in [0.2, 0.25) is 0 Å². The minimum absolute atomic E-state index is 0.0429. The van der Waals surface area contributed by atoms with Crippen LogP contribution in [-0.2, 0) is 23.1 Å². The van der Waals surface area contributed by atoms with Gasteiger partial charge in [-0.05, 0) is 92.3 Å². The molecule has 0 bridgehead atoms. The van der Waals surface area contributed by atoms with E-state index in [2.05, 4.69) is 59.5 Å². The first-order valence-electron chi connectivity index (χ1n) is 18.1. The molecule has 1 N–H and O–H groups in total. The molecule has 2 aliphatic rings. The molecule has 2 heterocycles. The second kappa shape index (κ2) is 16.9. The van der Waals surface area contributed by atoms with E-state index in [-0.39, 0.29) is 35.3 Å². The van der Waals surface area contributed by atoms with Crippen LogP contribution in [0.15, 0.2) is 35.9 Å². The molecule has 5 atom stereocenters. The molecule has 1 unspecified atom stereocenters. The number of hydrogen-bond donors (Lipinski definition) is 1. The molecule has 10 heteroatoms. The van der Waals surface area contributed by atoms with Crippen molar-refractivity contribution in [3.63, 3.8) is 0 Å². The van der Waals surface area contributed by atoms with Crippen LogP contribution in [0.2, 0.25) is 36.3 Å². The van der Waals surface area contributed by atoms with E-state index in [1.165, 1.54) is 6.07 Å². The molecule has 0 aliphatic carbocycles. The van der Waals surface area contributed by atoms with Crippen molar-refractivity contribution in [3.8, 4) is 0 Å². The lowest BCUT2D eigenvalue weighted by Crippen LogP contribution is -2.52. The third-order valence-corrected chi connectivity index (χ3v) is 20.4. The van der Waals surface area contributed by atoms with Crippen molar-refractivity contribution in [2.75, 3.05) is 31.2 Å². The average Bonchev–Trinajstić information content (AvgIpc) is 3.02. The summed E-state index contributed by atoms with van der Waals surface area (Å²) in [6.45, 7) is 26.1. The molecule has 272 valence electrons. The highest BCUT2D eigenvalue weighted by Gasteiger charge is 2.44. The standard InChI is InChI=1S/C38H64FNO6Si2/c1-12-48(13-2,14-3)46-38(9)18-17-33(45-47(10,11)37(6,7)8)27-35(42)44-36(28(4)15-16-34(38)41)29(5)23-30-24-31(39)26-32(25-30)40-19-21-43-22-20-40/h15-16,23-26,28,33-34,36,41H,12-14,17-22,27H2,1-11H3/b16-15+,29-23+/t28-,33?,34-,36-,38+/m0/s1.